The lowest BCUT2D eigenvalue weighted by Crippen LogP contribution is -2.20. The maximum atomic E-state index is 13.4. The van der Waals surface area contributed by atoms with Gasteiger partial charge in [-0.15, -0.1) is 0 Å². The molecule has 7 nitrogen and oxygen atoms in total. The van der Waals surface area contributed by atoms with Crippen LogP contribution in [0.2, 0.25) is 0 Å². The highest BCUT2D eigenvalue weighted by molar-refractivity contribution is 7.89. The van der Waals surface area contributed by atoms with E-state index in [2.05, 4.69) is 10.0 Å². The molecule has 0 unspecified atom stereocenters. The van der Waals surface area contributed by atoms with Crippen molar-refractivity contribution in [3.8, 4) is 17.2 Å². The van der Waals surface area contributed by atoms with E-state index < -0.39 is 21.7 Å². The molecule has 0 aliphatic rings. The van der Waals surface area contributed by atoms with E-state index in [0.29, 0.717) is 11.4 Å². The van der Waals surface area contributed by atoms with Crippen LogP contribution in [-0.4, -0.2) is 28.5 Å². The highest BCUT2D eigenvalue weighted by Crippen LogP contribution is 2.30. The number of methoxy groups -OCH3 is 1. The quantitative estimate of drug-likeness (QED) is 0.595. The molecule has 0 aromatic heterocycles. The number of nitrogens with one attached hydrogen (secondary N) is 2. The SMILES string of the molecule is CNS(=O)(=O)c1cc(C(=O)Nc2ccccc2Oc2cccc(F)c2)ccc1OC. The summed E-state index contributed by atoms with van der Waals surface area (Å²) in [6, 6.07) is 16.3. The Labute approximate surface area is 173 Å². The Morgan fingerprint density at radius 1 is 0.967 bits per heavy atom. The molecule has 3 aromatic rings. The molecule has 0 spiro atoms. The molecule has 0 heterocycles. The zero-order valence-corrected chi connectivity index (χ0v) is 17.0. The monoisotopic (exact) mass is 430 g/mol. The minimum Gasteiger partial charge on any atom is -0.495 e. The maximum absolute atomic E-state index is 13.4. The third-order valence-electron chi connectivity index (χ3n) is 4.14. The molecule has 0 atom stereocenters. The zero-order chi connectivity index (χ0) is 21.7. The highest BCUT2D eigenvalue weighted by Gasteiger charge is 2.20. The van der Waals surface area contributed by atoms with Gasteiger partial charge in [-0.25, -0.2) is 17.5 Å². The lowest BCUT2D eigenvalue weighted by Gasteiger charge is -2.14. The molecule has 0 fully saturated rings. The first kappa shape index (κ1) is 21.3. The molecule has 1 amide bonds. The van der Waals surface area contributed by atoms with Crippen molar-refractivity contribution in [3.63, 3.8) is 0 Å². The average molecular weight is 430 g/mol. The molecule has 0 aliphatic carbocycles. The lowest BCUT2D eigenvalue weighted by atomic mass is 10.2. The fraction of sp³-hybridized carbons (Fsp3) is 0.0952. The molecule has 3 rings (SSSR count). The summed E-state index contributed by atoms with van der Waals surface area (Å²) in [7, 11) is -1.24. The number of hydrogen-bond acceptors (Lipinski definition) is 5. The number of halogens is 1. The van der Waals surface area contributed by atoms with Crippen LogP contribution >= 0.6 is 0 Å². The molecule has 9 heteroatoms. The summed E-state index contributed by atoms with van der Waals surface area (Å²) in [5.41, 5.74) is 0.436. The zero-order valence-electron chi connectivity index (χ0n) is 16.2. The van der Waals surface area contributed by atoms with E-state index in [-0.39, 0.29) is 22.0 Å². The number of hydrogen-bond donors (Lipinski definition) is 2. The second-order valence-corrected chi connectivity index (χ2v) is 7.94. The van der Waals surface area contributed by atoms with Gasteiger partial charge in [-0.05, 0) is 49.5 Å². The van der Waals surface area contributed by atoms with Crippen LogP contribution in [-0.2, 0) is 10.0 Å². The van der Waals surface area contributed by atoms with Crippen LogP contribution in [0.1, 0.15) is 10.4 Å². The third-order valence-corrected chi connectivity index (χ3v) is 5.58. The van der Waals surface area contributed by atoms with Crippen LogP contribution in [0, 0.1) is 5.82 Å². The van der Waals surface area contributed by atoms with E-state index in [1.54, 1.807) is 30.3 Å². The predicted octanol–water partition coefficient (Wildman–Crippen LogP) is 3.79. The molecule has 0 saturated carbocycles. The smallest absolute Gasteiger partial charge is 0.255 e. The summed E-state index contributed by atoms with van der Waals surface area (Å²) in [6.07, 6.45) is 0. The fourth-order valence-electron chi connectivity index (χ4n) is 2.65. The number of sulfonamides is 1. The minimum atomic E-state index is -3.84. The van der Waals surface area contributed by atoms with Crippen LogP contribution in [0.5, 0.6) is 17.2 Å². The molecule has 2 N–H and O–H groups in total. The number of para-hydroxylation sites is 2. The number of rotatable bonds is 7. The van der Waals surface area contributed by atoms with E-state index in [1.807, 2.05) is 0 Å². The number of anilines is 1. The number of carbonyl (C=O) groups excluding carboxylic acids is 1. The van der Waals surface area contributed by atoms with Gasteiger partial charge < -0.3 is 14.8 Å². The van der Waals surface area contributed by atoms with Crippen LogP contribution in [0.25, 0.3) is 0 Å². The van der Waals surface area contributed by atoms with Crippen molar-refractivity contribution >= 4 is 21.6 Å². The number of ether oxygens (including phenoxy) is 2. The molecule has 0 aliphatic heterocycles. The fourth-order valence-corrected chi connectivity index (χ4v) is 3.57. The molecule has 3 aromatic carbocycles. The summed E-state index contributed by atoms with van der Waals surface area (Å²) in [5.74, 6) is -0.335. The van der Waals surface area contributed by atoms with Gasteiger partial charge in [0.25, 0.3) is 5.91 Å². The molecule has 0 bridgehead atoms. The normalized spacial score (nSPS) is 11.0. The van der Waals surface area contributed by atoms with Gasteiger partial charge in [-0.2, -0.15) is 0 Å². The van der Waals surface area contributed by atoms with Crippen LogP contribution in [0.4, 0.5) is 10.1 Å². The van der Waals surface area contributed by atoms with Gasteiger partial charge in [0.2, 0.25) is 10.0 Å². The summed E-state index contributed by atoms with van der Waals surface area (Å²) in [4.78, 5) is 12.6. The number of carbonyl (C=O) groups is 1. The Morgan fingerprint density at radius 2 is 1.73 bits per heavy atom. The van der Waals surface area contributed by atoms with E-state index in [0.717, 1.165) is 0 Å². The van der Waals surface area contributed by atoms with E-state index >= 15 is 0 Å². The topological polar surface area (TPSA) is 93.7 Å². The van der Waals surface area contributed by atoms with E-state index in [1.165, 1.54) is 50.6 Å². The third kappa shape index (κ3) is 4.76. The summed E-state index contributed by atoms with van der Waals surface area (Å²) in [5, 5.41) is 2.68. The summed E-state index contributed by atoms with van der Waals surface area (Å²) in [6.45, 7) is 0. The number of amides is 1. The lowest BCUT2D eigenvalue weighted by molar-refractivity contribution is 0.102. The van der Waals surface area contributed by atoms with Gasteiger partial charge in [0, 0.05) is 11.6 Å². The molecule has 30 heavy (non-hydrogen) atoms. The molecule has 0 radical (unpaired) electrons. The van der Waals surface area contributed by atoms with Crippen LogP contribution < -0.4 is 19.5 Å². The summed E-state index contributed by atoms with van der Waals surface area (Å²) >= 11 is 0. The van der Waals surface area contributed by atoms with Gasteiger partial charge in [0.1, 0.15) is 22.2 Å². The van der Waals surface area contributed by atoms with E-state index in [4.69, 9.17) is 9.47 Å². The van der Waals surface area contributed by atoms with Gasteiger partial charge in [-0.3, -0.25) is 4.79 Å². The van der Waals surface area contributed by atoms with Gasteiger partial charge in [0.15, 0.2) is 5.75 Å². The van der Waals surface area contributed by atoms with Crippen molar-refractivity contribution in [2.24, 2.45) is 0 Å². The Hall–Kier alpha value is -3.43. The Balaban J connectivity index is 1.89. The number of benzene rings is 3. The molecule has 0 saturated heterocycles. The van der Waals surface area contributed by atoms with Crippen LogP contribution in [0.3, 0.4) is 0 Å². The second kappa shape index (κ2) is 8.93. The highest BCUT2D eigenvalue weighted by atomic mass is 32.2. The Bertz CT molecular complexity index is 1180. The van der Waals surface area contributed by atoms with Crippen molar-refractivity contribution in [2.75, 3.05) is 19.5 Å². The standard InChI is InChI=1S/C21H19FN2O5S/c1-23-30(26,27)20-12-14(10-11-19(20)28-2)21(25)24-17-8-3-4-9-18(17)29-16-7-5-6-15(22)13-16/h3-13,23H,1-2H3,(H,24,25). The largest absolute Gasteiger partial charge is 0.495 e. The Kier molecular flexibility index (Phi) is 6.34. The van der Waals surface area contributed by atoms with Crippen molar-refractivity contribution in [3.05, 3.63) is 78.1 Å². The minimum absolute atomic E-state index is 0.102. The molecular formula is C21H19FN2O5S. The summed E-state index contributed by atoms with van der Waals surface area (Å²) < 4.78 is 50.8. The Morgan fingerprint density at radius 3 is 2.43 bits per heavy atom. The van der Waals surface area contributed by atoms with Gasteiger partial charge >= 0.3 is 0 Å². The van der Waals surface area contributed by atoms with Gasteiger partial charge in [-0.1, -0.05) is 18.2 Å². The first-order valence-electron chi connectivity index (χ1n) is 8.79. The van der Waals surface area contributed by atoms with Crippen molar-refractivity contribution in [1.82, 2.24) is 4.72 Å². The first-order valence-corrected chi connectivity index (χ1v) is 10.3. The van der Waals surface area contributed by atoms with Crippen molar-refractivity contribution < 1.29 is 27.1 Å². The second-order valence-electron chi connectivity index (χ2n) is 6.08. The molecule has 156 valence electrons. The average Bonchev–Trinajstić information content (AvgIpc) is 2.74. The van der Waals surface area contributed by atoms with Crippen molar-refractivity contribution in [2.45, 2.75) is 4.90 Å². The molecular weight excluding hydrogens is 411 g/mol. The van der Waals surface area contributed by atoms with E-state index in [9.17, 15) is 17.6 Å². The first-order chi connectivity index (χ1) is 14.3. The van der Waals surface area contributed by atoms with Crippen molar-refractivity contribution in [1.29, 1.82) is 0 Å². The predicted molar refractivity (Wildman–Crippen MR) is 110 cm³/mol. The van der Waals surface area contributed by atoms with Crippen LogP contribution in [0.15, 0.2) is 71.6 Å². The van der Waals surface area contributed by atoms with Gasteiger partial charge in [0.05, 0.1) is 12.8 Å². The maximum Gasteiger partial charge on any atom is 0.255 e.